The lowest BCUT2D eigenvalue weighted by Gasteiger charge is -2.26. The van der Waals surface area contributed by atoms with E-state index >= 15 is 0 Å². The van der Waals surface area contributed by atoms with Gasteiger partial charge in [0.05, 0.1) is 45.8 Å². The second-order valence-electron chi connectivity index (χ2n) is 29.5. The molecule has 0 unspecified atom stereocenters. The highest BCUT2D eigenvalue weighted by atomic mass is 16.2. The lowest BCUT2D eigenvalue weighted by atomic mass is 10.0. The van der Waals surface area contributed by atoms with E-state index in [0.717, 1.165) is 129 Å². The molecule has 4 aromatic carbocycles. The number of hydrogen-bond acceptors (Lipinski definition) is 20. The van der Waals surface area contributed by atoms with Crippen molar-refractivity contribution in [2.45, 2.75) is 58.0 Å². The average Bonchev–Trinajstić information content (AvgIpc) is 1.68. The molecular formula is C90H83N25O6. The molecule has 3 fully saturated rings. The van der Waals surface area contributed by atoms with E-state index in [1.54, 1.807) is 124 Å². The van der Waals surface area contributed by atoms with Crippen molar-refractivity contribution in [3.63, 3.8) is 0 Å². The lowest BCUT2D eigenvalue weighted by molar-refractivity contribution is -0.117. The molecule has 19 rings (SSSR count). The fourth-order valence-electron chi connectivity index (χ4n) is 14.1. The van der Waals surface area contributed by atoms with Gasteiger partial charge in [-0.05, 0) is 219 Å². The normalized spacial score (nSPS) is 13.2. The quantitative estimate of drug-likeness (QED) is 0.0359. The molecule has 10 N–H and O–H groups in total. The number of likely N-dealkylation sites (tertiary alicyclic amines) is 2. The number of nitrogens with one attached hydrogen (secondary N) is 10. The molecule has 121 heavy (non-hydrogen) atoms. The Morgan fingerprint density at radius 3 is 0.975 bits per heavy atom. The summed E-state index contributed by atoms with van der Waals surface area (Å²) in [5.74, 6) is 0.758. The average molecular weight is 1610 g/mol. The van der Waals surface area contributed by atoms with Gasteiger partial charge in [0.15, 0.2) is 22.8 Å². The van der Waals surface area contributed by atoms with E-state index in [2.05, 4.69) is 134 Å². The molecule has 16 aromatic rings. The molecule has 1 saturated carbocycles. The molecule has 0 radical (unpaired) electrons. The Hall–Kier alpha value is -15.5. The molecule has 14 heterocycles. The van der Waals surface area contributed by atoms with Crippen LogP contribution in [0.15, 0.2) is 244 Å². The molecular weight excluding hydrogens is 1530 g/mol. The minimum absolute atomic E-state index is 0.0349. The van der Waals surface area contributed by atoms with Crippen molar-refractivity contribution in [3.05, 3.63) is 278 Å². The first kappa shape index (κ1) is 79.3. The molecule has 12 aromatic heterocycles. The Kier molecular flexibility index (Phi) is 24.4. The molecule has 3 aliphatic rings. The van der Waals surface area contributed by atoms with E-state index in [4.69, 9.17) is 0 Å². The minimum Gasteiger partial charge on any atom is -0.331 e. The smallest absolute Gasteiger partial charge is 0.321 e. The summed E-state index contributed by atoms with van der Waals surface area (Å²) in [4.78, 5) is 115. The van der Waals surface area contributed by atoms with Crippen LogP contribution < -0.4 is 31.9 Å². The summed E-state index contributed by atoms with van der Waals surface area (Å²) in [5, 5.41) is 48.1. The Labute approximate surface area is 693 Å². The first-order chi connectivity index (χ1) is 59.2. The molecule has 2 saturated heterocycles. The predicted octanol–water partition coefficient (Wildman–Crippen LogP) is 15.1. The zero-order chi connectivity index (χ0) is 83.0. The van der Waals surface area contributed by atoms with Gasteiger partial charge in [-0.3, -0.25) is 74.1 Å². The summed E-state index contributed by atoms with van der Waals surface area (Å²) in [6, 6.07) is 52.4. The Morgan fingerprint density at radius 1 is 0.347 bits per heavy atom. The molecule has 7 amide bonds. The van der Waals surface area contributed by atoms with Gasteiger partial charge in [0, 0.05) is 139 Å². The number of hydrogen-bond donors (Lipinski definition) is 10. The number of carbonyl (C=O) groups is 6. The Bertz CT molecular complexity index is 6200. The topological polar surface area (TPSA) is 402 Å². The monoisotopic (exact) mass is 1610 g/mol. The summed E-state index contributed by atoms with van der Waals surface area (Å²) < 4.78 is 0. The van der Waals surface area contributed by atoms with Gasteiger partial charge >= 0.3 is 6.03 Å². The number of carbonyl (C=O) groups excluding carboxylic acids is 6. The van der Waals surface area contributed by atoms with Gasteiger partial charge in [0.25, 0.3) is 23.6 Å². The minimum atomic E-state index is -0.359. The van der Waals surface area contributed by atoms with Gasteiger partial charge in [-0.1, -0.05) is 55.0 Å². The van der Waals surface area contributed by atoms with Crippen molar-refractivity contribution >= 4 is 114 Å². The molecule has 0 spiro atoms. The molecule has 604 valence electrons. The highest BCUT2D eigenvalue weighted by molar-refractivity contribution is 6.14. The SMILES string of the molecule is CN(C)C(=O)Nc1cncc(-c2ccc3[nH]nc(C(=O)Nc4ccccn4)c3c2)c1.O=C(Nc1ccccn1)c1n[nH]c2ccc(-c3cncc(CN4CCCC4)c3)cc12.O=C(Nc1ccccn1)c1n[nH]c2ccc(-c3cncc(CN4CCCCC4)c3)cc12.O=C(Nc1ccccn1)c1n[nH]c2ccc(-c3cncc(NC(=O)C4CC4)c3)cc12. The van der Waals surface area contributed by atoms with E-state index in [1.165, 1.54) is 48.1 Å². The van der Waals surface area contributed by atoms with Crippen LogP contribution in [0.2, 0.25) is 0 Å². The van der Waals surface area contributed by atoms with Crippen molar-refractivity contribution in [1.29, 1.82) is 0 Å². The third-order valence-corrected chi connectivity index (χ3v) is 20.5. The van der Waals surface area contributed by atoms with Gasteiger partial charge < -0.3 is 36.8 Å². The summed E-state index contributed by atoms with van der Waals surface area (Å²) >= 11 is 0. The highest BCUT2D eigenvalue weighted by Gasteiger charge is 2.30. The van der Waals surface area contributed by atoms with Crippen LogP contribution in [-0.4, -0.2) is 171 Å². The number of urea groups is 1. The number of benzene rings is 4. The molecule has 2 aliphatic heterocycles. The van der Waals surface area contributed by atoms with Gasteiger partial charge in [0.2, 0.25) is 5.91 Å². The molecule has 1 aliphatic carbocycles. The second kappa shape index (κ2) is 37.2. The van der Waals surface area contributed by atoms with Gasteiger partial charge in [0.1, 0.15) is 23.3 Å². The largest absolute Gasteiger partial charge is 0.331 e. The maximum absolute atomic E-state index is 12.8. The van der Waals surface area contributed by atoms with Gasteiger partial charge in [-0.2, -0.15) is 20.4 Å². The third-order valence-electron chi connectivity index (χ3n) is 20.5. The van der Waals surface area contributed by atoms with Crippen molar-refractivity contribution in [2.24, 2.45) is 5.92 Å². The third kappa shape index (κ3) is 20.0. The van der Waals surface area contributed by atoms with Crippen LogP contribution in [0.3, 0.4) is 0 Å². The number of rotatable bonds is 19. The van der Waals surface area contributed by atoms with Crippen LogP contribution in [0.25, 0.3) is 88.1 Å². The maximum Gasteiger partial charge on any atom is 0.321 e. The summed E-state index contributed by atoms with van der Waals surface area (Å²) in [6.45, 7) is 6.46. The number of amides is 7. The molecule has 31 nitrogen and oxygen atoms in total. The number of aromatic nitrogens is 16. The second-order valence-corrected chi connectivity index (χ2v) is 29.5. The fourth-order valence-corrected chi connectivity index (χ4v) is 14.1. The van der Waals surface area contributed by atoms with Crippen LogP contribution in [0.4, 0.5) is 39.4 Å². The van der Waals surface area contributed by atoms with Crippen LogP contribution in [0.5, 0.6) is 0 Å². The van der Waals surface area contributed by atoms with E-state index in [0.29, 0.717) is 56.8 Å². The van der Waals surface area contributed by atoms with Crippen LogP contribution in [0.1, 0.15) is 98.0 Å². The fraction of sp³-hybridized carbons (Fsp3) is 0.178. The molecule has 31 heteroatoms. The first-order valence-electron chi connectivity index (χ1n) is 39.6. The van der Waals surface area contributed by atoms with E-state index < -0.39 is 0 Å². The van der Waals surface area contributed by atoms with Crippen LogP contribution in [-0.2, 0) is 17.9 Å². The number of piperidine rings is 1. The molecule has 0 atom stereocenters. The van der Waals surface area contributed by atoms with Crippen LogP contribution >= 0.6 is 0 Å². The number of fused-ring (bicyclic) bond motifs is 4. The standard InChI is InChI=1S/C24H24N6O.C23H22N6O.C22H18N6O2.C21H19N7O2/c31-24(27-22-6-2-3-9-26-22)23-20-13-18(7-8-21(20)28-29-23)19-12-17(14-25-15-19)16-30-10-4-1-5-11-30;30-23(26-21-5-1-2-8-25-21)22-19-12-17(6-7-20(19)27-28-22)18-11-16(13-24-14-18)15-29-9-3-4-10-29;29-21(13-4-5-13)25-16-9-15(11-23-12-16)14-6-7-18-17(10-14)20(28-27-18)22(30)26-19-3-1-2-8-24-19;1-28(2)21(30)24-15-9-14(11-22-12-15)13-6-7-17-16(10-13)19(27-26-17)20(29)25-18-5-3-4-8-23-18/h2-3,6-9,12-15H,1,4-5,10-11,16H2,(H,28,29)(H,26,27,31);1-2,5-8,11-14H,3-4,9-10,15H2,(H,27,28)(H,25,26,30);1-3,6-13H,4-5H2,(H,25,29)(H,27,28)(H,24,26,30);3-12H,1-2H3,(H,24,30)(H,26,27)(H,23,25,29). The number of H-pyrrole nitrogens is 4. The Morgan fingerprint density at radius 2 is 0.661 bits per heavy atom. The van der Waals surface area contributed by atoms with Crippen molar-refractivity contribution in [1.82, 2.24) is 95.4 Å². The number of pyridine rings is 8. The summed E-state index contributed by atoms with van der Waals surface area (Å²) in [6.07, 6.45) is 29.0. The maximum atomic E-state index is 12.8. The summed E-state index contributed by atoms with van der Waals surface area (Å²) in [7, 11) is 3.33. The number of anilines is 6. The van der Waals surface area contributed by atoms with E-state index in [1.807, 2.05) is 122 Å². The molecule has 0 bridgehead atoms. The van der Waals surface area contributed by atoms with Gasteiger partial charge in [-0.15, -0.1) is 0 Å². The van der Waals surface area contributed by atoms with Crippen LogP contribution in [0, 0.1) is 5.92 Å². The highest BCUT2D eigenvalue weighted by Crippen LogP contribution is 2.34. The van der Waals surface area contributed by atoms with Crippen molar-refractivity contribution in [3.8, 4) is 44.5 Å². The summed E-state index contributed by atoms with van der Waals surface area (Å²) in [5.41, 5.74) is 15.4. The predicted molar refractivity (Wildman–Crippen MR) is 464 cm³/mol. The van der Waals surface area contributed by atoms with Crippen molar-refractivity contribution in [2.75, 3.05) is 72.2 Å². The number of aromatic amines is 4. The van der Waals surface area contributed by atoms with Crippen molar-refractivity contribution < 1.29 is 28.8 Å². The lowest BCUT2D eigenvalue weighted by Crippen LogP contribution is -2.29. The first-order valence-corrected chi connectivity index (χ1v) is 39.6. The zero-order valence-corrected chi connectivity index (χ0v) is 66.0. The Balaban J connectivity index is 0.000000120. The van der Waals surface area contributed by atoms with E-state index in [9.17, 15) is 28.8 Å². The van der Waals surface area contributed by atoms with Gasteiger partial charge in [-0.25, -0.2) is 24.7 Å². The zero-order valence-electron chi connectivity index (χ0n) is 66.0. The number of nitrogens with zero attached hydrogens (tertiary/aromatic N) is 15. The van der Waals surface area contributed by atoms with E-state index in [-0.39, 0.29) is 52.9 Å².